The van der Waals surface area contributed by atoms with Gasteiger partial charge in [0.25, 0.3) is 5.56 Å². The van der Waals surface area contributed by atoms with Crippen LogP contribution in [0, 0.1) is 0 Å². The summed E-state index contributed by atoms with van der Waals surface area (Å²) >= 11 is 0. The maximum Gasteiger partial charge on any atom is 0.254 e. The normalized spacial score (nSPS) is 24.6. The van der Waals surface area contributed by atoms with Crippen LogP contribution >= 0.6 is 0 Å². The maximum atomic E-state index is 11.5. The highest BCUT2D eigenvalue weighted by molar-refractivity contribution is 5.14. The van der Waals surface area contributed by atoms with Crippen molar-refractivity contribution in [3.05, 3.63) is 22.2 Å². The van der Waals surface area contributed by atoms with Crippen LogP contribution in [0.3, 0.4) is 0 Å². The molecule has 17 heavy (non-hydrogen) atoms. The van der Waals surface area contributed by atoms with Crippen LogP contribution in [-0.2, 0) is 0 Å². The molecular weight excluding hydrogens is 218 g/mol. The Hall–Kier alpha value is -1.36. The van der Waals surface area contributed by atoms with E-state index in [-0.39, 0.29) is 11.7 Å². The molecule has 0 amide bonds. The fourth-order valence-corrected chi connectivity index (χ4v) is 2.16. The number of nitrogens with one attached hydrogen (secondary N) is 2. The van der Waals surface area contributed by atoms with Crippen LogP contribution in [0.5, 0.6) is 5.88 Å². The summed E-state index contributed by atoms with van der Waals surface area (Å²) in [4.78, 5) is 18.7. The van der Waals surface area contributed by atoms with Gasteiger partial charge in [0.15, 0.2) is 0 Å². The molecule has 2 heterocycles. The molecule has 1 saturated heterocycles. The molecule has 92 valence electrons. The largest absolute Gasteiger partial charge is 0.473 e. The summed E-state index contributed by atoms with van der Waals surface area (Å²) in [5.41, 5.74) is -0.110. The van der Waals surface area contributed by atoms with Gasteiger partial charge in [-0.1, -0.05) is 0 Å². The maximum absolute atomic E-state index is 11.5. The lowest BCUT2D eigenvalue weighted by Gasteiger charge is -2.23. The third-order valence-electron chi connectivity index (χ3n) is 3.24. The van der Waals surface area contributed by atoms with Gasteiger partial charge in [0.2, 0.25) is 5.88 Å². The molecule has 0 unspecified atom stereocenters. The van der Waals surface area contributed by atoms with E-state index in [2.05, 4.69) is 15.3 Å². The van der Waals surface area contributed by atoms with Crippen molar-refractivity contribution in [2.45, 2.75) is 37.7 Å². The van der Waals surface area contributed by atoms with Gasteiger partial charge in [-0.05, 0) is 32.2 Å². The zero-order chi connectivity index (χ0) is 11.7. The molecule has 2 N–H and O–H groups in total. The van der Waals surface area contributed by atoms with Gasteiger partial charge < -0.3 is 15.0 Å². The number of nitrogens with zero attached hydrogens (tertiary/aromatic N) is 1. The second kappa shape index (κ2) is 4.49. The third-order valence-corrected chi connectivity index (χ3v) is 3.24. The Kier molecular flexibility index (Phi) is 2.84. The number of hydrogen-bond donors (Lipinski definition) is 2. The minimum Gasteiger partial charge on any atom is -0.473 e. The number of piperidine rings is 1. The number of H-pyrrole nitrogens is 1. The SMILES string of the molecule is O=c1cc(O[C@H]2CCCNC2)nc(C2CC2)[nH]1. The van der Waals surface area contributed by atoms with Crippen molar-refractivity contribution >= 4 is 0 Å². The second-order valence-electron chi connectivity index (χ2n) is 4.83. The summed E-state index contributed by atoms with van der Waals surface area (Å²) in [6.45, 7) is 1.89. The number of aromatic nitrogens is 2. The zero-order valence-corrected chi connectivity index (χ0v) is 9.74. The summed E-state index contributed by atoms with van der Waals surface area (Å²) in [5, 5.41) is 3.28. The lowest BCUT2D eigenvalue weighted by molar-refractivity contribution is 0.159. The van der Waals surface area contributed by atoms with Gasteiger partial charge in [0, 0.05) is 12.5 Å². The van der Waals surface area contributed by atoms with E-state index in [9.17, 15) is 4.79 Å². The van der Waals surface area contributed by atoms with Gasteiger partial charge in [-0.25, -0.2) is 0 Å². The molecule has 1 saturated carbocycles. The van der Waals surface area contributed by atoms with E-state index in [1.165, 1.54) is 6.07 Å². The highest BCUT2D eigenvalue weighted by atomic mass is 16.5. The first-order valence-corrected chi connectivity index (χ1v) is 6.30. The Labute approximate surface area is 99.6 Å². The first-order chi connectivity index (χ1) is 8.31. The summed E-state index contributed by atoms with van der Waals surface area (Å²) < 4.78 is 5.76. The molecule has 1 aliphatic heterocycles. The van der Waals surface area contributed by atoms with E-state index in [1.54, 1.807) is 0 Å². The van der Waals surface area contributed by atoms with Crippen LogP contribution in [0.2, 0.25) is 0 Å². The van der Waals surface area contributed by atoms with Crippen LogP contribution in [0.1, 0.15) is 37.4 Å². The van der Waals surface area contributed by atoms with Crippen LogP contribution in [-0.4, -0.2) is 29.2 Å². The van der Waals surface area contributed by atoms with Gasteiger partial charge >= 0.3 is 0 Å². The minimum absolute atomic E-state index is 0.110. The van der Waals surface area contributed by atoms with Crippen molar-refractivity contribution in [2.75, 3.05) is 13.1 Å². The highest BCUT2D eigenvalue weighted by Crippen LogP contribution is 2.37. The topological polar surface area (TPSA) is 67.0 Å². The van der Waals surface area contributed by atoms with Crippen molar-refractivity contribution in [3.8, 4) is 5.88 Å². The van der Waals surface area contributed by atoms with Gasteiger partial charge in [-0.3, -0.25) is 4.79 Å². The van der Waals surface area contributed by atoms with Crippen LogP contribution in [0.25, 0.3) is 0 Å². The van der Waals surface area contributed by atoms with Crippen molar-refractivity contribution in [1.29, 1.82) is 0 Å². The number of rotatable bonds is 3. The molecule has 2 fully saturated rings. The molecule has 5 heteroatoms. The Bertz CT molecular complexity index is 447. The average Bonchev–Trinajstić information content (AvgIpc) is 3.13. The van der Waals surface area contributed by atoms with E-state index >= 15 is 0 Å². The molecule has 0 bridgehead atoms. The van der Waals surface area contributed by atoms with Gasteiger partial charge in [-0.15, -0.1) is 0 Å². The van der Waals surface area contributed by atoms with Crippen molar-refractivity contribution in [1.82, 2.24) is 15.3 Å². The van der Waals surface area contributed by atoms with Gasteiger partial charge in [-0.2, -0.15) is 4.98 Å². The molecule has 1 atom stereocenters. The van der Waals surface area contributed by atoms with Gasteiger partial charge in [0.05, 0.1) is 6.07 Å². The smallest absolute Gasteiger partial charge is 0.254 e. The van der Waals surface area contributed by atoms with Crippen LogP contribution < -0.4 is 15.6 Å². The standard InChI is InChI=1S/C12H17N3O2/c16-10-6-11(15-12(14-10)8-3-4-8)17-9-2-1-5-13-7-9/h6,8-9,13H,1-5,7H2,(H,14,15,16)/t9-/m0/s1. The van der Waals surface area contributed by atoms with E-state index in [1.807, 2.05) is 0 Å². The molecule has 0 spiro atoms. The van der Waals surface area contributed by atoms with E-state index in [4.69, 9.17) is 4.74 Å². The lowest BCUT2D eigenvalue weighted by atomic mass is 10.1. The molecular formula is C12H17N3O2. The molecule has 3 rings (SSSR count). The minimum atomic E-state index is -0.110. The number of ether oxygens (including phenoxy) is 1. The summed E-state index contributed by atoms with van der Waals surface area (Å²) in [6, 6.07) is 1.44. The van der Waals surface area contributed by atoms with Crippen molar-refractivity contribution in [2.24, 2.45) is 0 Å². The summed E-state index contributed by atoms with van der Waals surface area (Å²) in [6.07, 6.45) is 4.53. The molecule has 1 aromatic heterocycles. The Morgan fingerprint density at radius 3 is 2.94 bits per heavy atom. The van der Waals surface area contributed by atoms with Crippen molar-refractivity contribution in [3.63, 3.8) is 0 Å². The molecule has 1 aromatic rings. The first-order valence-electron chi connectivity index (χ1n) is 6.30. The molecule has 1 aliphatic carbocycles. The van der Waals surface area contributed by atoms with E-state index in [0.717, 1.165) is 44.6 Å². The average molecular weight is 235 g/mol. The third kappa shape index (κ3) is 2.66. The van der Waals surface area contributed by atoms with Gasteiger partial charge in [0.1, 0.15) is 11.9 Å². The Morgan fingerprint density at radius 2 is 2.24 bits per heavy atom. The van der Waals surface area contributed by atoms with E-state index in [0.29, 0.717) is 11.8 Å². The molecule has 0 radical (unpaired) electrons. The molecule has 0 aromatic carbocycles. The summed E-state index contributed by atoms with van der Waals surface area (Å²) in [7, 11) is 0. The fourth-order valence-electron chi connectivity index (χ4n) is 2.16. The number of hydrogen-bond acceptors (Lipinski definition) is 4. The molecule has 2 aliphatic rings. The lowest BCUT2D eigenvalue weighted by Crippen LogP contribution is -2.37. The Morgan fingerprint density at radius 1 is 1.35 bits per heavy atom. The predicted octanol–water partition coefficient (Wildman–Crippen LogP) is 0.778. The Balaban J connectivity index is 1.74. The second-order valence-corrected chi connectivity index (χ2v) is 4.83. The predicted molar refractivity (Wildman–Crippen MR) is 63.4 cm³/mol. The quantitative estimate of drug-likeness (QED) is 0.812. The summed E-state index contributed by atoms with van der Waals surface area (Å²) in [5.74, 6) is 1.70. The number of aromatic amines is 1. The highest BCUT2D eigenvalue weighted by Gasteiger charge is 2.27. The monoisotopic (exact) mass is 235 g/mol. The van der Waals surface area contributed by atoms with E-state index < -0.39 is 0 Å². The first kappa shape index (κ1) is 10.8. The zero-order valence-electron chi connectivity index (χ0n) is 9.74. The van der Waals surface area contributed by atoms with Crippen LogP contribution in [0.15, 0.2) is 10.9 Å². The van der Waals surface area contributed by atoms with Crippen molar-refractivity contribution < 1.29 is 4.74 Å². The molecule has 5 nitrogen and oxygen atoms in total. The van der Waals surface area contributed by atoms with Crippen LogP contribution in [0.4, 0.5) is 0 Å². The fraction of sp³-hybridized carbons (Fsp3) is 0.667.